The Morgan fingerprint density at radius 2 is 2.09 bits per heavy atom. The fourth-order valence-corrected chi connectivity index (χ4v) is 2.54. The first kappa shape index (κ1) is 16.6. The minimum absolute atomic E-state index is 0.0282. The van der Waals surface area contributed by atoms with Gasteiger partial charge in [0.25, 0.3) is 0 Å². The molecule has 0 aliphatic carbocycles. The van der Waals surface area contributed by atoms with E-state index in [0.717, 1.165) is 31.6 Å². The number of carbonyl (C=O) groups excluding carboxylic acids is 1. The molecule has 0 spiro atoms. The standard InChI is InChI=1S/C15H20F3N3O/c1-14(2)9-19-7-6-12(14)21-13(22)20-11-5-3-4-10(8-11)15(16,17)18/h3-5,8,12,19H,6-7,9H2,1-2H3,(H2,20,21,22). The molecule has 2 amide bonds. The first-order valence-corrected chi connectivity index (χ1v) is 7.14. The Morgan fingerprint density at radius 3 is 2.73 bits per heavy atom. The number of benzene rings is 1. The van der Waals surface area contributed by atoms with Crippen LogP contribution in [0.15, 0.2) is 24.3 Å². The lowest BCUT2D eigenvalue weighted by Crippen LogP contribution is -2.55. The number of nitrogens with one attached hydrogen (secondary N) is 3. The molecule has 1 unspecified atom stereocenters. The van der Waals surface area contributed by atoms with Crippen molar-refractivity contribution in [3.05, 3.63) is 29.8 Å². The summed E-state index contributed by atoms with van der Waals surface area (Å²) in [6, 6.07) is 4.08. The molecule has 1 aliphatic rings. The highest BCUT2D eigenvalue weighted by Crippen LogP contribution is 2.30. The highest BCUT2D eigenvalue weighted by molar-refractivity contribution is 5.89. The Hall–Kier alpha value is -1.76. The van der Waals surface area contributed by atoms with Crippen LogP contribution in [0.3, 0.4) is 0 Å². The summed E-state index contributed by atoms with van der Waals surface area (Å²) in [6.45, 7) is 5.65. The molecule has 1 heterocycles. The first-order valence-electron chi connectivity index (χ1n) is 7.14. The van der Waals surface area contributed by atoms with Crippen LogP contribution in [-0.2, 0) is 6.18 Å². The van der Waals surface area contributed by atoms with Crippen LogP contribution < -0.4 is 16.0 Å². The highest BCUT2D eigenvalue weighted by Gasteiger charge is 2.33. The average Bonchev–Trinajstić information content (AvgIpc) is 2.40. The molecule has 1 aromatic rings. The third-order valence-electron chi connectivity index (χ3n) is 3.89. The lowest BCUT2D eigenvalue weighted by Gasteiger charge is -2.39. The van der Waals surface area contributed by atoms with E-state index in [2.05, 4.69) is 16.0 Å². The third kappa shape index (κ3) is 4.13. The number of halogens is 3. The summed E-state index contributed by atoms with van der Waals surface area (Å²) >= 11 is 0. The molecule has 7 heteroatoms. The van der Waals surface area contributed by atoms with Crippen molar-refractivity contribution in [2.75, 3.05) is 18.4 Å². The van der Waals surface area contributed by atoms with E-state index in [1.807, 2.05) is 13.8 Å². The molecule has 3 N–H and O–H groups in total. The summed E-state index contributed by atoms with van der Waals surface area (Å²) < 4.78 is 37.9. The Morgan fingerprint density at radius 1 is 1.36 bits per heavy atom. The van der Waals surface area contributed by atoms with E-state index < -0.39 is 17.8 Å². The summed E-state index contributed by atoms with van der Waals surface area (Å²) in [5.74, 6) is 0. The Balaban J connectivity index is 2.00. The molecule has 0 radical (unpaired) electrons. The van der Waals surface area contributed by atoms with Crippen LogP contribution in [0.4, 0.5) is 23.7 Å². The predicted octanol–water partition coefficient (Wildman–Crippen LogP) is 3.22. The zero-order valence-electron chi connectivity index (χ0n) is 12.6. The molecule has 1 fully saturated rings. The minimum atomic E-state index is -4.43. The number of carbonyl (C=O) groups is 1. The summed E-state index contributed by atoms with van der Waals surface area (Å²) in [4.78, 5) is 12.0. The van der Waals surface area contributed by atoms with E-state index in [-0.39, 0.29) is 17.1 Å². The van der Waals surface area contributed by atoms with Crippen molar-refractivity contribution in [1.29, 1.82) is 0 Å². The van der Waals surface area contributed by atoms with E-state index in [0.29, 0.717) is 0 Å². The quantitative estimate of drug-likeness (QED) is 0.785. The van der Waals surface area contributed by atoms with Gasteiger partial charge in [-0.25, -0.2) is 4.79 Å². The first-order chi connectivity index (χ1) is 10.2. The molecule has 1 aromatic carbocycles. The Labute approximate surface area is 127 Å². The number of hydrogen-bond acceptors (Lipinski definition) is 2. The second-order valence-corrected chi connectivity index (χ2v) is 6.18. The van der Waals surface area contributed by atoms with Crippen molar-refractivity contribution in [1.82, 2.24) is 10.6 Å². The molecule has 22 heavy (non-hydrogen) atoms. The van der Waals surface area contributed by atoms with Gasteiger partial charge in [-0.1, -0.05) is 19.9 Å². The van der Waals surface area contributed by atoms with Crippen molar-refractivity contribution < 1.29 is 18.0 Å². The lowest BCUT2D eigenvalue weighted by molar-refractivity contribution is -0.137. The zero-order valence-corrected chi connectivity index (χ0v) is 12.6. The fraction of sp³-hybridized carbons (Fsp3) is 0.533. The Kier molecular flexibility index (Phi) is 4.65. The Bertz CT molecular complexity index is 543. The predicted molar refractivity (Wildman–Crippen MR) is 78.7 cm³/mol. The van der Waals surface area contributed by atoms with Crippen LogP contribution in [-0.4, -0.2) is 25.2 Å². The molecule has 1 aliphatic heterocycles. The molecule has 1 atom stereocenters. The van der Waals surface area contributed by atoms with E-state index in [9.17, 15) is 18.0 Å². The molecular weight excluding hydrogens is 295 g/mol. The van der Waals surface area contributed by atoms with Gasteiger partial charge < -0.3 is 16.0 Å². The van der Waals surface area contributed by atoms with Crippen LogP contribution in [0.25, 0.3) is 0 Å². The van der Waals surface area contributed by atoms with E-state index in [1.54, 1.807) is 0 Å². The van der Waals surface area contributed by atoms with Crippen LogP contribution in [0.1, 0.15) is 25.8 Å². The van der Waals surface area contributed by atoms with Crippen molar-refractivity contribution in [2.45, 2.75) is 32.5 Å². The molecule has 0 saturated carbocycles. The van der Waals surface area contributed by atoms with Crippen LogP contribution in [0.2, 0.25) is 0 Å². The van der Waals surface area contributed by atoms with Gasteiger partial charge in [-0.2, -0.15) is 13.2 Å². The number of alkyl halides is 3. The molecule has 4 nitrogen and oxygen atoms in total. The van der Waals surface area contributed by atoms with Gasteiger partial charge in [-0.05, 0) is 36.6 Å². The zero-order chi connectivity index (χ0) is 16.4. The van der Waals surface area contributed by atoms with Gasteiger partial charge >= 0.3 is 12.2 Å². The van der Waals surface area contributed by atoms with Gasteiger partial charge in [0.15, 0.2) is 0 Å². The van der Waals surface area contributed by atoms with Crippen molar-refractivity contribution >= 4 is 11.7 Å². The van der Waals surface area contributed by atoms with Gasteiger partial charge in [0.2, 0.25) is 0 Å². The van der Waals surface area contributed by atoms with E-state index >= 15 is 0 Å². The maximum Gasteiger partial charge on any atom is 0.416 e. The van der Waals surface area contributed by atoms with Crippen LogP contribution in [0, 0.1) is 5.41 Å². The van der Waals surface area contributed by atoms with E-state index in [4.69, 9.17) is 0 Å². The normalized spacial score (nSPS) is 21.2. The summed E-state index contributed by atoms with van der Waals surface area (Å²) in [5.41, 5.74) is -0.768. The topological polar surface area (TPSA) is 53.2 Å². The van der Waals surface area contributed by atoms with Crippen LogP contribution >= 0.6 is 0 Å². The van der Waals surface area contributed by atoms with Crippen molar-refractivity contribution in [2.24, 2.45) is 5.41 Å². The molecule has 1 saturated heterocycles. The summed E-state index contributed by atoms with van der Waals surface area (Å²) in [5, 5.41) is 8.57. The van der Waals surface area contributed by atoms with Crippen LogP contribution in [0.5, 0.6) is 0 Å². The fourth-order valence-electron chi connectivity index (χ4n) is 2.54. The van der Waals surface area contributed by atoms with Gasteiger partial charge in [0.05, 0.1) is 5.56 Å². The molecule has 2 rings (SSSR count). The lowest BCUT2D eigenvalue weighted by atomic mass is 9.80. The SMILES string of the molecule is CC1(C)CNCCC1NC(=O)Nc1cccc(C(F)(F)F)c1. The van der Waals surface area contributed by atoms with Crippen molar-refractivity contribution in [3.63, 3.8) is 0 Å². The number of amides is 2. The number of rotatable bonds is 2. The maximum absolute atomic E-state index is 12.6. The van der Waals surface area contributed by atoms with Gasteiger partial charge in [-0.15, -0.1) is 0 Å². The smallest absolute Gasteiger partial charge is 0.335 e. The molecular formula is C15H20F3N3O. The second kappa shape index (κ2) is 6.16. The number of urea groups is 1. The maximum atomic E-state index is 12.6. The number of anilines is 1. The third-order valence-corrected chi connectivity index (χ3v) is 3.89. The summed E-state index contributed by atoms with van der Waals surface area (Å²) in [6.07, 6.45) is -3.64. The second-order valence-electron chi connectivity index (χ2n) is 6.18. The van der Waals surface area contributed by atoms with Gasteiger partial charge in [-0.3, -0.25) is 0 Å². The monoisotopic (exact) mass is 315 g/mol. The molecule has 0 bridgehead atoms. The molecule has 122 valence electrons. The largest absolute Gasteiger partial charge is 0.416 e. The van der Waals surface area contributed by atoms with Crippen molar-refractivity contribution in [3.8, 4) is 0 Å². The number of piperidine rings is 1. The molecule has 0 aromatic heterocycles. The number of hydrogen-bond donors (Lipinski definition) is 3. The van der Waals surface area contributed by atoms with Gasteiger partial charge in [0.1, 0.15) is 0 Å². The minimum Gasteiger partial charge on any atom is -0.335 e. The van der Waals surface area contributed by atoms with Gasteiger partial charge in [0, 0.05) is 18.3 Å². The average molecular weight is 315 g/mol. The highest BCUT2D eigenvalue weighted by atomic mass is 19.4. The van der Waals surface area contributed by atoms with E-state index in [1.165, 1.54) is 12.1 Å². The summed E-state index contributed by atoms with van der Waals surface area (Å²) in [7, 11) is 0.